The Morgan fingerprint density at radius 1 is 1.21 bits per heavy atom. The average molecular weight is 263 g/mol. The summed E-state index contributed by atoms with van der Waals surface area (Å²) in [7, 11) is 1.59. The van der Waals surface area contributed by atoms with Gasteiger partial charge < -0.3 is 16.4 Å². The van der Waals surface area contributed by atoms with Gasteiger partial charge in [0.25, 0.3) is 5.91 Å². The molecule has 0 radical (unpaired) electrons. The zero-order valence-electron chi connectivity index (χ0n) is 11.6. The molecular formula is C14H21N3O2. The van der Waals surface area contributed by atoms with Gasteiger partial charge in [-0.3, -0.25) is 9.59 Å². The molecule has 1 atom stereocenters. The molecule has 0 spiro atoms. The second-order valence-corrected chi connectivity index (χ2v) is 4.76. The van der Waals surface area contributed by atoms with Crippen molar-refractivity contribution < 1.29 is 9.59 Å². The van der Waals surface area contributed by atoms with Crippen LogP contribution in [0, 0.1) is 5.92 Å². The van der Waals surface area contributed by atoms with Crippen molar-refractivity contribution in [2.24, 2.45) is 11.7 Å². The van der Waals surface area contributed by atoms with Gasteiger partial charge in [-0.1, -0.05) is 26.0 Å². The van der Waals surface area contributed by atoms with E-state index in [1.54, 1.807) is 19.2 Å². The zero-order chi connectivity index (χ0) is 14.4. The number of hydrogen-bond acceptors (Lipinski definition) is 3. The van der Waals surface area contributed by atoms with Gasteiger partial charge in [0.05, 0.1) is 6.04 Å². The monoisotopic (exact) mass is 263 g/mol. The fourth-order valence-corrected chi connectivity index (χ4v) is 1.53. The van der Waals surface area contributed by atoms with Crippen LogP contribution in [0.25, 0.3) is 0 Å². The number of nitrogens with one attached hydrogen (secondary N) is 2. The second-order valence-electron chi connectivity index (χ2n) is 4.76. The van der Waals surface area contributed by atoms with E-state index >= 15 is 0 Å². The minimum atomic E-state index is -0.495. The highest BCUT2D eigenvalue weighted by Crippen LogP contribution is 2.05. The highest BCUT2D eigenvalue weighted by Gasteiger charge is 2.16. The normalized spacial score (nSPS) is 12.1. The highest BCUT2D eigenvalue weighted by atomic mass is 16.2. The van der Waals surface area contributed by atoms with Crippen LogP contribution in [0.5, 0.6) is 0 Å². The molecule has 0 aliphatic heterocycles. The summed E-state index contributed by atoms with van der Waals surface area (Å²) in [6, 6.07) is 6.58. The number of benzene rings is 1. The quantitative estimate of drug-likeness (QED) is 0.729. The first-order valence-corrected chi connectivity index (χ1v) is 6.30. The van der Waals surface area contributed by atoms with Crippen LogP contribution in [0.2, 0.25) is 0 Å². The van der Waals surface area contributed by atoms with Crippen LogP contribution in [0.3, 0.4) is 0 Å². The molecular weight excluding hydrogens is 242 g/mol. The Hall–Kier alpha value is -1.88. The van der Waals surface area contributed by atoms with Crippen molar-refractivity contribution >= 4 is 11.8 Å². The van der Waals surface area contributed by atoms with Gasteiger partial charge in [-0.2, -0.15) is 0 Å². The van der Waals surface area contributed by atoms with Crippen molar-refractivity contribution in [1.82, 2.24) is 10.6 Å². The fraction of sp³-hybridized carbons (Fsp3) is 0.429. The first kappa shape index (κ1) is 15.2. The molecule has 1 aromatic carbocycles. The maximum Gasteiger partial charge on any atom is 0.251 e. The number of carbonyl (C=O) groups is 2. The predicted molar refractivity (Wildman–Crippen MR) is 74.5 cm³/mol. The number of rotatable bonds is 5. The van der Waals surface area contributed by atoms with Crippen molar-refractivity contribution in [3.8, 4) is 0 Å². The number of hydrogen-bond donors (Lipinski definition) is 3. The molecule has 0 saturated heterocycles. The lowest BCUT2D eigenvalue weighted by molar-refractivity contribution is -0.123. The average Bonchev–Trinajstić information content (AvgIpc) is 2.43. The van der Waals surface area contributed by atoms with E-state index in [0.717, 1.165) is 5.56 Å². The number of amides is 2. The second kappa shape index (κ2) is 6.89. The van der Waals surface area contributed by atoms with Crippen LogP contribution in [-0.4, -0.2) is 24.9 Å². The first-order chi connectivity index (χ1) is 8.95. The van der Waals surface area contributed by atoms with Crippen molar-refractivity contribution in [2.75, 3.05) is 7.05 Å². The molecule has 5 nitrogen and oxygen atoms in total. The van der Waals surface area contributed by atoms with Crippen LogP contribution in [0.1, 0.15) is 29.8 Å². The summed E-state index contributed by atoms with van der Waals surface area (Å²) in [5.41, 5.74) is 7.26. The molecule has 0 aliphatic carbocycles. The summed E-state index contributed by atoms with van der Waals surface area (Å²) in [5.74, 6) is -0.182. The topological polar surface area (TPSA) is 84.2 Å². The summed E-state index contributed by atoms with van der Waals surface area (Å²) in [6.45, 7) is 4.22. The SMILES string of the molecule is CNC(=O)c1ccc(CNC(=O)[C@H](N)C(C)C)cc1. The third kappa shape index (κ3) is 4.37. The molecule has 19 heavy (non-hydrogen) atoms. The van der Waals surface area contributed by atoms with E-state index in [-0.39, 0.29) is 17.7 Å². The third-order valence-corrected chi connectivity index (χ3v) is 2.93. The fourth-order valence-electron chi connectivity index (χ4n) is 1.53. The Morgan fingerprint density at radius 3 is 2.26 bits per heavy atom. The largest absolute Gasteiger partial charge is 0.355 e. The van der Waals surface area contributed by atoms with Crippen LogP contribution in [-0.2, 0) is 11.3 Å². The Morgan fingerprint density at radius 2 is 1.79 bits per heavy atom. The van der Waals surface area contributed by atoms with Gasteiger partial charge in [0.15, 0.2) is 0 Å². The lowest BCUT2D eigenvalue weighted by Gasteiger charge is -2.15. The standard InChI is InChI=1S/C14H21N3O2/c1-9(2)12(15)14(19)17-8-10-4-6-11(7-5-10)13(18)16-3/h4-7,9,12H,8,15H2,1-3H3,(H,16,18)(H,17,19)/t12-/m1/s1. The molecule has 2 amide bonds. The maximum atomic E-state index is 11.7. The van der Waals surface area contributed by atoms with Gasteiger partial charge in [0.1, 0.15) is 0 Å². The predicted octanol–water partition coefficient (Wildman–Crippen LogP) is 0.646. The number of nitrogens with two attached hydrogens (primary N) is 1. The summed E-state index contributed by atoms with van der Waals surface area (Å²) in [5, 5.41) is 5.33. The van der Waals surface area contributed by atoms with E-state index < -0.39 is 6.04 Å². The van der Waals surface area contributed by atoms with Crippen molar-refractivity contribution in [3.05, 3.63) is 35.4 Å². The molecule has 0 unspecified atom stereocenters. The molecule has 0 bridgehead atoms. The molecule has 5 heteroatoms. The molecule has 0 aliphatic rings. The highest BCUT2D eigenvalue weighted by molar-refractivity contribution is 5.93. The molecule has 0 aromatic heterocycles. The van der Waals surface area contributed by atoms with Crippen molar-refractivity contribution in [1.29, 1.82) is 0 Å². The third-order valence-electron chi connectivity index (χ3n) is 2.93. The van der Waals surface area contributed by atoms with E-state index in [0.29, 0.717) is 12.1 Å². The van der Waals surface area contributed by atoms with Gasteiger partial charge in [-0.25, -0.2) is 0 Å². The van der Waals surface area contributed by atoms with Gasteiger partial charge in [0, 0.05) is 19.2 Å². The van der Waals surface area contributed by atoms with E-state index in [2.05, 4.69) is 10.6 Å². The van der Waals surface area contributed by atoms with Crippen LogP contribution >= 0.6 is 0 Å². The van der Waals surface area contributed by atoms with Crippen molar-refractivity contribution in [3.63, 3.8) is 0 Å². The van der Waals surface area contributed by atoms with Crippen molar-refractivity contribution in [2.45, 2.75) is 26.4 Å². The van der Waals surface area contributed by atoms with Crippen LogP contribution in [0.4, 0.5) is 0 Å². The summed E-state index contributed by atoms with van der Waals surface area (Å²) in [6.07, 6.45) is 0. The zero-order valence-corrected chi connectivity index (χ0v) is 11.6. The molecule has 4 N–H and O–H groups in total. The molecule has 1 aromatic rings. The first-order valence-electron chi connectivity index (χ1n) is 6.30. The molecule has 0 heterocycles. The number of carbonyl (C=O) groups excluding carboxylic acids is 2. The van der Waals surface area contributed by atoms with Crippen LogP contribution < -0.4 is 16.4 Å². The maximum absolute atomic E-state index is 11.7. The van der Waals surface area contributed by atoms with Crippen LogP contribution in [0.15, 0.2) is 24.3 Å². The summed E-state index contributed by atoms with van der Waals surface area (Å²) >= 11 is 0. The lowest BCUT2D eigenvalue weighted by Crippen LogP contribution is -2.43. The summed E-state index contributed by atoms with van der Waals surface area (Å²) < 4.78 is 0. The van der Waals surface area contributed by atoms with Gasteiger partial charge in [0.2, 0.25) is 5.91 Å². The van der Waals surface area contributed by atoms with Gasteiger partial charge in [-0.05, 0) is 23.6 Å². The molecule has 1 rings (SSSR count). The molecule has 0 fully saturated rings. The van der Waals surface area contributed by atoms with Gasteiger partial charge in [-0.15, -0.1) is 0 Å². The molecule has 104 valence electrons. The Balaban J connectivity index is 2.55. The van der Waals surface area contributed by atoms with E-state index in [1.807, 2.05) is 26.0 Å². The Bertz CT molecular complexity index is 441. The lowest BCUT2D eigenvalue weighted by atomic mass is 10.0. The Labute approximate surface area is 113 Å². The smallest absolute Gasteiger partial charge is 0.251 e. The summed E-state index contributed by atoms with van der Waals surface area (Å²) in [4.78, 5) is 23.0. The van der Waals surface area contributed by atoms with E-state index in [9.17, 15) is 9.59 Å². The minimum Gasteiger partial charge on any atom is -0.355 e. The molecule has 0 saturated carbocycles. The van der Waals surface area contributed by atoms with E-state index in [1.165, 1.54) is 0 Å². The van der Waals surface area contributed by atoms with Gasteiger partial charge >= 0.3 is 0 Å². The van der Waals surface area contributed by atoms with E-state index in [4.69, 9.17) is 5.73 Å². The Kier molecular flexibility index (Phi) is 5.51. The minimum absolute atomic E-state index is 0.107.